The maximum Gasteiger partial charge on any atom is 0.336 e. The Morgan fingerprint density at radius 3 is 2.59 bits per heavy atom. The highest BCUT2D eigenvalue weighted by atomic mass is 16.5. The fraction of sp³-hybridized carbons (Fsp3) is 0.524. The summed E-state index contributed by atoms with van der Waals surface area (Å²) in [6, 6.07) is 3.63. The predicted molar refractivity (Wildman–Crippen MR) is 110 cm³/mol. The number of piperidine rings is 1. The van der Waals surface area contributed by atoms with Crippen LogP contribution in [0.3, 0.4) is 0 Å². The molecule has 2 aromatic rings. The molecule has 0 radical (unpaired) electrons. The summed E-state index contributed by atoms with van der Waals surface area (Å²) >= 11 is 0. The monoisotopic (exact) mass is 439 g/mol. The molecule has 168 valence electrons. The van der Waals surface area contributed by atoms with Crippen LogP contribution in [0, 0.1) is 12.3 Å². The van der Waals surface area contributed by atoms with Crippen molar-refractivity contribution in [2.75, 3.05) is 32.8 Å². The van der Waals surface area contributed by atoms with Gasteiger partial charge in [0, 0.05) is 24.3 Å². The summed E-state index contributed by atoms with van der Waals surface area (Å²) in [6.45, 7) is 6.33. The molecular weight excluding hydrogens is 414 g/mol. The average molecular weight is 439 g/mol. The normalized spacial score (nSPS) is 21.8. The number of carbonyl (C=O) groups excluding carboxylic acids is 2. The van der Waals surface area contributed by atoms with Gasteiger partial charge in [0.25, 0.3) is 0 Å². The van der Waals surface area contributed by atoms with Crippen molar-refractivity contribution in [3.8, 4) is 5.82 Å². The number of tetrazole rings is 1. The molecule has 3 aliphatic heterocycles. The number of cyclic esters (lactones) is 1. The minimum atomic E-state index is -0.678. The molecule has 1 unspecified atom stereocenters. The molecular formula is C21H25N7O4. The number of hydrogen-bond acceptors (Lipinski definition) is 9. The topological polar surface area (TPSA) is 127 Å². The number of carbonyl (C=O) groups is 2. The van der Waals surface area contributed by atoms with Gasteiger partial charge in [-0.2, -0.15) is 4.68 Å². The molecule has 5 rings (SSSR count). The molecule has 2 fully saturated rings. The average Bonchev–Trinajstić information content (AvgIpc) is 3.44. The lowest BCUT2D eigenvalue weighted by Gasteiger charge is -2.52. The Bertz CT molecular complexity index is 1090. The Labute approximate surface area is 184 Å². The highest BCUT2D eigenvalue weighted by Crippen LogP contribution is 2.44. The number of aromatic nitrogens is 5. The Hall–Kier alpha value is -3.18. The van der Waals surface area contributed by atoms with E-state index in [1.165, 1.54) is 11.0 Å². The van der Waals surface area contributed by atoms with Gasteiger partial charge in [-0.3, -0.25) is 4.79 Å². The number of aliphatic hydroxyl groups is 1. The van der Waals surface area contributed by atoms with Gasteiger partial charge < -0.3 is 19.6 Å². The first-order chi connectivity index (χ1) is 15.4. The van der Waals surface area contributed by atoms with Gasteiger partial charge in [-0.1, -0.05) is 6.07 Å². The molecule has 2 saturated heterocycles. The number of nitrogens with zero attached hydrogens (tertiary/aromatic N) is 7. The number of aryl methyl sites for hydroxylation is 1. The number of aliphatic hydroxyl groups excluding tert-OH is 1. The third kappa shape index (κ3) is 3.37. The minimum absolute atomic E-state index is 0.0867. The van der Waals surface area contributed by atoms with Crippen LogP contribution in [0.25, 0.3) is 5.82 Å². The van der Waals surface area contributed by atoms with E-state index in [-0.39, 0.29) is 23.9 Å². The molecule has 1 atom stereocenters. The molecule has 2 aromatic heterocycles. The molecule has 1 spiro atoms. The van der Waals surface area contributed by atoms with E-state index < -0.39 is 6.10 Å². The van der Waals surface area contributed by atoms with Crippen molar-refractivity contribution in [3.63, 3.8) is 0 Å². The van der Waals surface area contributed by atoms with Crippen LogP contribution < -0.4 is 0 Å². The predicted octanol–water partition coefficient (Wildman–Crippen LogP) is 0.154. The van der Waals surface area contributed by atoms with Crippen LogP contribution in [0.4, 0.5) is 0 Å². The lowest BCUT2D eigenvalue weighted by atomic mass is 9.70. The number of rotatable bonds is 5. The third-order valence-electron chi connectivity index (χ3n) is 6.86. The SMILES string of the molecule is CC1=C(N2CC3(CCN(CC(O)c4ccc(-n5cnnn5)nc4C)CC3)C2=O)COC1=O. The van der Waals surface area contributed by atoms with Gasteiger partial charge in [-0.15, -0.1) is 5.10 Å². The summed E-state index contributed by atoms with van der Waals surface area (Å²) in [7, 11) is 0. The maximum atomic E-state index is 12.9. The summed E-state index contributed by atoms with van der Waals surface area (Å²) in [5.74, 6) is 0.341. The van der Waals surface area contributed by atoms with Gasteiger partial charge in [-0.05, 0) is 56.3 Å². The van der Waals surface area contributed by atoms with Crippen molar-refractivity contribution in [1.29, 1.82) is 0 Å². The van der Waals surface area contributed by atoms with E-state index in [4.69, 9.17) is 4.74 Å². The van der Waals surface area contributed by atoms with Gasteiger partial charge in [0.1, 0.15) is 12.9 Å². The first-order valence-electron chi connectivity index (χ1n) is 10.7. The van der Waals surface area contributed by atoms with Crippen molar-refractivity contribution >= 4 is 11.9 Å². The first kappa shape index (κ1) is 20.7. The number of pyridine rings is 1. The van der Waals surface area contributed by atoms with E-state index in [2.05, 4.69) is 25.4 Å². The molecule has 0 aliphatic carbocycles. The zero-order chi connectivity index (χ0) is 22.5. The van der Waals surface area contributed by atoms with Crippen molar-refractivity contribution < 1.29 is 19.4 Å². The van der Waals surface area contributed by atoms with Crippen molar-refractivity contribution in [2.24, 2.45) is 5.41 Å². The third-order valence-corrected chi connectivity index (χ3v) is 6.86. The molecule has 11 nitrogen and oxygen atoms in total. The van der Waals surface area contributed by atoms with E-state index in [1.54, 1.807) is 17.9 Å². The van der Waals surface area contributed by atoms with Gasteiger partial charge in [0.05, 0.1) is 22.8 Å². The van der Waals surface area contributed by atoms with Gasteiger partial charge in [-0.25, -0.2) is 9.78 Å². The molecule has 11 heteroatoms. The molecule has 5 heterocycles. The Morgan fingerprint density at radius 2 is 2.00 bits per heavy atom. The number of β-amino-alcohol motifs (C(OH)–C–C–N with tert-alkyl or cyclic N) is 1. The Balaban J connectivity index is 1.18. The molecule has 0 aromatic carbocycles. The first-order valence-corrected chi connectivity index (χ1v) is 10.7. The van der Waals surface area contributed by atoms with Gasteiger partial charge in [0.15, 0.2) is 5.82 Å². The number of likely N-dealkylation sites (tertiary alicyclic amines) is 2. The second-order valence-corrected chi connectivity index (χ2v) is 8.73. The fourth-order valence-corrected chi connectivity index (χ4v) is 4.79. The summed E-state index contributed by atoms with van der Waals surface area (Å²) in [6.07, 6.45) is 2.28. The van der Waals surface area contributed by atoms with Gasteiger partial charge in [0.2, 0.25) is 5.91 Å². The smallest absolute Gasteiger partial charge is 0.336 e. The summed E-state index contributed by atoms with van der Waals surface area (Å²) in [4.78, 5) is 32.9. The van der Waals surface area contributed by atoms with Crippen molar-refractivity contribution in [1.82, 2.24) is 35.0 Å². The Morgan fingerprint density at radius 1 is 1.22 bits per heavy atom. The maximum absolute atomic E-state index is 12.9. The van der Waals surface area contributed by atoms with Crippen LogP contribution in [0.15, 0.2) is 29.7 Å². The number of β-lactam (4-membered cyclic amide) rings is 1. The lowest BCUT2D eigenvalue weighted by molar-refractivity contribution is -0.162. The Kier molecular flexibility index (Phi) is 5.01. The number of esters is 1. The van der Waals surface area contributed by atoms with Crippen LogP contribution in [0.1, 0.15) is 37.1 Å². The van der Waals surface area contributed by atoms with E-state index in [9.17, 15) is 14.7 Å². The molecule has 1 amide bonds. The highest BCUT2D eigenvalue weighted by molar-refractivity contribution is 5.96. The van der Waals surface area contributed by atoms with Crippen molar-refractivity contribution in [2.45, 2.75) is 32.8 Å². The van der Waals surface area contributed by atoms with Crippen LogP contribution in [0.2, 0.25) is 0 Å². The summed E-state index contributed by atoms with van der Waals surface area (Å²) in [5, 5.41) is 21.9. The summed E-state index contributed by atoms with van der Waals surface area (Å²) < 4.78 is 6.51. The number of hydrogen-bond donors (Lipinski definition) is 1. The fourth-order valence-electron chi connectivity index (χ4n) is 4.79. The largest absolute Gasteiger partial charge is 0.456 e. The van der Waals surface area contributed by atoms with Crippen LogP contribution >= 0.6 is 0 Å². The van der Waals surface area contributed by atoms with Crippen LogP contribution in [0.5, 0.6) is 0 Å². The molecule has 32 heavy (non-hydrogen) atoms. The summed E-state index contributed by atoms with van der Waals surface area (Å²) in [5.41, 5.74) is 2.37. The number of ether oxygens (including phenoxy) is 1. The highest BCUT2D eigenvalue weighted by Gasteiger charge is 2.55. The second-order valence-electron chi connectivity index (χ2n) is 8.73. The lowest BCUT2D eigenvalue weighted by Crippen LogP contribution is -2.64. The van der Waals surface area contributed by atoms with Crippen molar-refractivity contribution in [3.05, 3.63) is 41.0 Å². The van der Waals surface area contributed by atoms with Gasteiger partial charge >= 0.3 is 5.97 Å². The minimum Gasteiger partial charge on any atom is -0.456 e. The molecule has 3 aliphatic rings. The molecule has 0 saturated carbocycles. The van der Waals surface area contributed by atoms with Crippen LogP contribution in [-0.2, 0) is 14.3 Å². The van der Waals surface area contributed by atoms with E-state index >= 15 is 0 Å². The quantitative estimate of drug-likeness (QED) is 0.512. The van der Waals surface area contributed by atoms with E-state index in [1.807, 2.05) is 13.0 Å². The second kappa shape index (κ2) is 7.75. The van der Waals surface area contributed by atoms with Crippen LogP contribution in [-0.4, -0.2) is 84.8 Å². The molecule has 0 bridgehead atoms. The van der Waals surface area contributed by atoms with E-state index in [0.717, 1.165) is 37.2 Å². The molecule has 1 N–H and O–H groups in total. The standard InChI is InChI=1S/C21H25N7O4/c1-13-16(10-32-19(13)30)27-11-21(20(27)31)5-7-26(8-6-21)9-17(29)15-3-4-18(23-14(15)2)28-12-22-24-25-28/h3-4,12,17,29H,5-11H2,1-2H3. The zero-order valence-corrected chi connectivity index (χ0v) is 18.1. The van der Waals surface area contributed by atoms with E-state index in [0.29, 0.717) is 30.2 Å². The number of amides is 1. The zero-order valence-electron chi connectivity index (χ0n) is 18.1.